The number of hydrogen-bond donors (Lipinski definition) is 1. The number of carbonyl (C=O) groups excluding carboxylic acids is 1. The first-order valence-electron chi connectivity index (χ1n) is 4.94. The molecular formula is C11H12N2O4. The molecule has 0 radical (unpaired) electrons. The summed E-state index contributed by atoms with van der Waals surface area (Å²) in [6, 6.07) is 5.93. The zero-order chi connectivity index (χ0) is 12.8. The second-order valence-electron chi connectivity index (χ2n) is 3.13. The van der Waals surface area contributed by atoms with Gasteiger partial charge in [0.15, 0.2) is 0 Å². The number of para-hydroxylation sites is 1. The Morgan fingerprint density at radius 1 is 1.53 bits per heavy atom. The Bertz CT molecular complexity index is 468. The molecule has 90 valence electrons. The molecule has 1 rings (SSSR count). The number of nitro benzene ring substituents is 1. The van der Waals surface area contributed by atoms with Gasteiger partial charge >= 0.3 is 5.97 Å². The van der Waals surface area contributed by atoms with Gasteiger partial charge in [0.25, 0.3) is 5.69 Å². The van der Waals surface area contributed by atoms with Crippen LogP contribution in [0.5, 0.6) is 0 Å². The lowest BCUT2D eigenvalue weighted by Gasteiger charge is -2.03. The standard InChI is InChI=1S/C11H12N2O4/c1-2-17-11(14)7-9(12)8-5-3-4-6-10(8)13(15)16/h3-7H,2,12H2,1H3/b9-7-. The summed E-state index contributed by atoms with van der Waals surface area (Å²) < 4.78 is 4.67. The summed E-state index contributed by atoms with van der Waals surface area (Å²) in [5.41, 5.74) is 5.68. The number of rotatable bonds is 4. The maximum absolute atomic E-state index is 11.2. The van der Waals surface area contributed by atoms with E-state index in [4.69, 9.17) is 5.73 Å². The second kappa shape index (κ2) is 5.64. The van der Waals surface area contributed by atoms with Crippen LogP contribution in [0.4, 0.5) is 5.69 Å². The molecule has 6 nitrogen and oxygen atoms in total. The molecule has 0 unspecified atom stereocenters. The highest BCUT2D eigenvalue weighted by molar-refractivity contribution is 5.91. The largest absolute Gasteiger partial charge is 0.463 e. The molecule has 0 saturated carbocycles. The van der Waals surface area contributed by atoms with Gasteiger partial charge in [-0.15, -0.1) is 0 Å². The van der Waals surface area contributed by atoms with Gasteiger partial charge in [0.2, 0.25) is 0 Å². The van der Waals surface area contributed by atoms with Crippen molar-refractivity contribution in [2.24, 2.45) is 5.73 Å². The van der Waals surface area contributed by atoms with Gasteiger partial charge in [-0.3, -0.25) is 10.1 Å². The molecule has 0 spiro atoms. The van der Waals surface area contributed by atoms with Crippen molar-refractivity contribution in [1.82, 2.24) is 0 Å². The van der Waals surface area contributed by atoms with E-state index in [0.717, 1.165) is 6.08 Å². The van der Waals surface area contributed by atoms with E-state index >= 15 is 0 Å². The molecule has 1 aromatic rings. The van der Waals surface area contributed by atoms with Crippen LogP contribution in [0.25, 0.3) is 5.70 Å². The summed E-state index contributed by atoms with van der Waals surface area (Å²) in [6.45, 7) is 1.88. The fourth-order valence-electron chi connectivity index (χ4n) is 1.27. The Morgan fingerprint density at radius 2 is 2.18 bits per heavy atom. The van der Waals surface area contributed by atoms with Gasteiger partial charge in [-0.25, -0.2) is 4.79 Å². The number of esters is 1. The minimum Gasteiger partial charge on any atom is -0.463 e. The lowest BCUT2D eigenvalue weighted by molar-refractivity contribution is -0.385. The summed E-state index contributed by atoms with van der Waals surface area (Å²) in [7, 11) is 0. The van der Waals surface area contributed by atoms with Crippen LogP contribution < -0.4 is 5.73 Å². The van der Waals surface area contributed by atoms with Crippen LogP contribution in [-0.2, 0) is 9.53 Å². The van der Waals surface area contributed by atoms with Crippen LogP contribution in [0.1, 0.15) is 12.5 Å². The van der Waals surface area contributed by atoms with Crippen molar-refractivity contribution < 1.29 is 14.5 Å². The molecule has 0 aromatic heterocycles. The predicted octanol–water partition coefficient (Wildman–Crippen LogP) is 1.46. The molecule has 0 aliphatic carbocycles. The number of hydrogen-bond acceptors (Lipinski definition) is 5. The van der Waals surface area contributed by atoms with Gasteiger partial charge in [0.1, 0.15) is 0 Å². The molecule has 0 heterocycles. The molecule has 1 aromatic carbocycles. The van der Waals surface area contributed by atoms with Crippen molar-refractivity contribution in [2.45, 2.75) is 6.92 Å². The molecule has 0 aliphatic rings. The maximum Gasteiger partial charge on any atom is 0.332 e. The van der Waals surface area contributed by atoms with Gasteiger partial charge in [-0.05, 0) is 13.0 Å². The predicted molar refractivity (Wildman–Crippen MR) is 61.9 cm³/mol. The van der Waals surface area contributed by atoms with Gasteiger partial charge in [-0.2, -0.15) is 0 Å². The first kappa shape index (κ1) is 12.7. The molecule has 0 saturated heterocycles. The van der Waals surface area contributed by atoms with Crippen LogP contribution in [0, 0.1) is 10.1 Å². The highest BCUT2D eigenvalue weighted by atomic mass is 16.6. The monoisotopic (exact) mass is 236 g/mol. The molecule has 0 amide bonds. The number of nitrogens with zero attached hydrogens (tertiary/aromatic N) is 1. The van der Waals surface area contributed by atoms with Gasteiger partial charge in [0.05, 0.1) is 22.8 Å². The Hall–Kier alpha value is -2.37. The lowest BCUT2D eigenvalue weighted by atomic mass is 10.1. The SMILES string of the molecule is CCOC(=O)/C=C(\N)c1ccccc1[N+](=O)[O-]. The molecule has 2 N–H and O–H groups in total. The van der Waals surface area contributed by atoms with Gasteiger partial charge < -0.3 is 10.5 Å². The molecule has 17 heavy (non-hydrogen) atoms. The van der Waals surface area contributed by atoms with E-state index in [0.29, 0.717) is 0 Å². The van der Waals surface area contributed by atoms with E-state index in [-0.39, 0.29) is 23.6 Å². The Morgan fingerprint density at radius 3 is 2.76 bits per heavy atom. The van der Waals surface area contributed by atoms with Crippen LogP contribution in [0.2, 0.25) is 0 Å². The van der Waals surface area contributed by atoms with E-state index in [1.807, 2.05) is 0 Å². The van der Waals surface area contributed by atoms with Crippen molar-refractivity contribution in [3.8, 4) is 0 Å². The highest BCUT2D eigenvalue weighted by Gasteiger charge is 2.15. The summed E-state index contributed by atoms with van der Waals surface area (Å²) >= 11 is 0. The minimum atomic E-state index is -0.622. The highest BCUT2D eigenvalue weighted by Crippen LogP contribution is 2.22. The van der Waals surface area contributed by atoms with E-state index in [2.05, 4.69) is 4.74 Å². The first-order valence-corrected chi connectivity index (χ1v) is 4.94. The fourth-order valence-corrected chi connectivity index (χ4v) is 1.27. The van der Waals surface area contributed by atoms with Crippen LogP contribution in [0.15, 0.2) is 30.3 Å². The molecule has 0 fully saturated rings. The number of nitrogens with two attached hydrogens (primary N) is 1. The lowest BCUT2D eigenvalue weighted by Crippen LogP contribution is -2.06. The third-order valence-corrected chi connectivity index (χ3v) is 1.97. The van der Waals surface area contributed by atoms with E-state index in [1.54, 1.807) is 13.0 Å². The van der Waals surface area contributed by atoms with E-state index in [1.165, 1.54) is 18.2 Å². The fraction of sp³-hybridized carbons (Fsp3) is 0.182. The average molecular weight is 236 g/mol. The first-order chi connectivity index (χ1) is 8.06. The Kier molecular flexibility index (Phi) is 4.21. The van der Waals surface area contributed by atoms with E-state index < -0.39 is 10.9 Å². The number of nitro groups is 1. The second-order valence-corrected chi connectivity index (χ2v) is 3.13. The number of carbonyl (C=O) groups is 1. The Labute approximate surface area is 97.8 Å². The molecule has 0 atom stereocenters. The normalized spacial score (nSPS) is 11.0. The molecule has 6 heteroatoms. The number of benzene rings is 1. The van der Waals surface area contributed by atoms with E-state index in [9.17, 15) is 14.9 Å². The zero-order valence-electron chi connectivity index (χ0n) is 9.25. The summed E-state index contributed by atoms with van der Waals surface area (Å²) in [5, 5.41) is 10.7. The van der Waals surface area contributed by atoms with Crippen molar-refractivity contribution in [2.75, 3.05) is 6.61 Å². The molecule has 0 bridgehead atoms. The molecular weight excluding hydrogens is 224 g/mol. The maximum atomic E-state index is 11.2. The van der Waals surface area contributed by atoms with Crippen LogP contribution in [-0.4, -0.2) is 17.5 Å². The van der Waals surface area contributed by atoms with Crippen molar-refractivity contribution >= 4 is 17.4 Å². The summed E-state index contributed by atoms with van der Waals surface area (Å²) in [6.07, 6.45) is 1.03. The molecule has 0 aliphatic heterocycles. The Balaban J connectivity index is 3.07. The van der Waals surface area contributed by atoms with Crippen molar-refractivity contribution in [3.63, 3.8) is 0 Å². The average Bonchev–Trinajstić information content (AvgIpc) is 2.29. The smallest absolute Gasteiger partial charge is 0.332 e. The van der Waals surface area contributed by atoms with Gasteiger partial charge in [-0.1, -0.05) is 12.1 Å². The topological polar surface area (TPSA) is 95.5 Å². The summed E-state index contributed by atoms with van der Waals surface area (Å²) in [4.78, 5) is 21.3. The van der Waals surface area contributed by atoms with Gasteiger partial charge in [0, 0.05) is 12.1 Å². The van der Waals surface area contributed by atoms with Crippen LogP contribution >= 0.6 is 0 Å². The zero-order valence-corrected chi connectivity index (χ0v) is 9.25. The minimum absolute atomic E-state index is 0.00995. The third kappa shape index (κ3) is 3.30. The quantitative estimate of drug-likeness (QED) is 0.369. The third-order valence-electron chi connectivity index (χ3n) is 1.97. The number of ether oxygens (including phenoxy) is 1. The van der Waals surface area contributed by atoms with Crippen molar-refractivity contribution in [1.29, 1.82) is 0 Å². The summed E-state index contributed by atoms with van der Waals surface area (Å²) in [5.74, 6) is -0.622. The van der Waals surface area contributed by atoms with Crippen LogP contribution in [0.3, 0.4) is 0 Å². The van der Waals surface area contributed by atoms with Crippen molar-refractivity contribution in [3.05, 3.63) is 46.0 Å².